The first-order valence-electron chi connectivity index (χ1n) is 7.94. The van der Waals surface area contributed by atoms with Gasteiger partial charge in [0, 0.05) is 19.1 Å². The van der Waals surface area contributed by atoms with Crippen LogP contribution in [0.5, 0.6) is 0 Å². The van der Waals surface area contributed by atoms with Crippen LogP contribution in [-0.4, -0.2) is 30.3 Å². The van der Waals surface area contributed by atoms with E-state index in [4.69, 9.17) is 0 Å². The summed E-state index contributed by atoms with van der Waals surface area (Å²) in [5.74, 6) is -0.199. The van der Waals surface area contributed by atoms with Gasteiger partial charge in [-0.15, -0.1) is 0 Å². The summed E-state index contributed by atoms with van der Waals surface area (Å²) in [6, 6.07) is 5.35. The Morgan fingerprint density at radius 1 is 1.48 bits per heavy atom. The number of para-hydroxylation sites is 1. The molecule has 0 saturated carbocycles. The fourth-order valence-corrected chi connectivity index (χ4v) is 3.10. The second-order valence-electron chi connectivity index (χ2n) is 6.38. The van der Waals surface area contributed by atoms with Crippen molar-refractivity contribution < 1.29 is 9.50 Å². The third kappa shape index (κ3) is 3.95. The third-order valence-corrected chi connectivity index (χ3v) is 4.18. The number of hydrogen-bond acceptors (Lipinski definition) is 3. The number of piperidine rings is 1. The van der Waals surface area contributed by atoms with Crippen molar-refractivity contribution >= 4 is 5.69 Å². The van der Waals surface area contributed by atoms with Gasteiger partial charge >= 0.3 is 0 Å². The van der Waals surface area contributed by atoms with Crippen molar-refractivity contribution in [3.63, 3.8) is 0 Å². The van der Waals surface area contributed by atoms with Gasteiger partial charge in [0.25, 0.3) is 0 Å². The number of anilines is 1. The highest BCUT2D eigenvalue weighted by atomic mass is 19.1. The minimum absolute atomic E-state index is 0.0996. The van der Waals surface area contributed by atoms with E-state index in [1.807, 2.05) is 17.9 Å². The lowest BCUT2D eigenvalue weighted by Gasteiger charge is -2.39. The molecule has 21 heavy (non-hydrogen) atoms. The first-order chi connectivity index (χ1) is 9.94. The molecule has 118 valence electrons. The van der Waals surface area contributed by atoms with Gasteiger partial charge in [-0.25, -0.2) is 4.39 Å². The number of hydrogen-bond donors (Lipinski definition) is 2. The van der Waals surface area contributed by atoms with Gasteiger partial charge in [-0.3, -0.25) is 0 Å². The Hall–Kier alpha value is -1.13. The molecule has 3 nitrogen and oxygen atoms in total. The number of halogens is 1. The molecule has 2 N–H and O–H groups in total. The second-order valence-corrected chi connectivity index (χ2v) is 6.38. The summed E-state index contributed by atoms with van der Waals surface area (Å²) in [6.07, 6.45) is 2.71. The van der Waals surface area contributed by atoms with Gasteiger partial charge in [0.05, 0.1) is 11.3 Å². The molecule has 1 fully saturated rings. The van der Waals surface area contributed by atoms with Crippen LogP contribution in [0.25, 0.3) is 0 Å². The maximum Gasteiger partial charge on any atom is 0.146 e. The van der Waals surface area contributed by atoms with Gasteiger partial charge in [0.2, 0.25) is 0 Å². The minimum Gasteiger partial charge on any atom is -0.388 e. The fraction of sp³-hybridized carbons (Fsp3) is 0.647. The molecular weight excluding hydrogens is 267 g/mol. The van der Waals surface area contributed by atoms with Crippen LogP contribution in [0.15, 0.2) is 18.2 Å². The van der Waals surface area contributed by atoms with Crippen molar-refractivity contribution in [2.24, 2.45) is 0 Å². The van der Waals surface area contributed by atoms with Gasteiger partial charge in [-0.05, 0) is 51.3 Å². The largest absolute Gasteiger partial charge is 0.388 e. The zero-order chi connectivity index (χ0) is 15.5. The Kier molecular flexibility index (Phi) is 5.22. The maximum absolute atomic E-state index is 14.4. The average molecular weight is 294 g/mol. The lowest BCUT2D eigenvalue weighted by Crippen LogP contribution is -2.47. The second kappa shape index (κ2) is 6.75. The Morgan fingerprint density at radius 3 is 2.90 bits per heavy atom. The number of nitrogens with zero attached hydrogens (tertiary/aromatic N) is 1. The van der Waals surface area contributed by atoms with E-state index in [9.17, 15) is 9.50 Å². The molecule has 0 radical (unpaired) electrons. The summed E-state index contributed by atoms with van der Waals surface area (Å²) in [5, 5.41) is 13.7. The van der Waals surface area contributed by atoms with E-state index >= 15 is 0 Å². The molecule has 1 aliphatic rings. The van der Waals surface area contributed by atoms with E-state index in [1.54, 1.807) is 6.07 Å². The quantitative estimate of drug-likeness (QED) is 0.875. The first kappa shape index (κ1) is 16.2. The van der Waals surface area contributed by atoms with Crippen molar-refractivity contribution in [3.05, 3.63) is 29.6 Å². The predicted octanol–water partition coefficient (Wildman–Crippen LogP) is 3.24. The Balaban J connectivity index is 2.29. The van der Waals surface area contributed by atoms with E-state index in [0.717, 1.165) is 37.9 Å². The molecule has 2 rings (SSSR count). The van der Waals surface area contributed by atoms with Gasteiger partial charge in [0.1, 0.15) is 5.82 Å². The molecule has 0 spiro atoms. The molecule has 1 heterocycles. The zero-order valence-electron chi connectivity index (χ0n) is 13.3. The summed E-state index contributed by atoms with van der Waals surface area (Å²) < 4.78 is 14.4. The van der Waals surface area contributed by atoms with Crippen LogP contribution in [0.3, 0.4) is 0 Å². The Bertz CT molecular complexity index is 476. The van der Waals surface area contributed by atoms with E-state index in [-0.39, 0.29) is 11.9 Å². The molecule has 1 saturated heterocycles. The molecule has 1 aliphatic heterocycles. The summed E-state index contributed by atoms with van der Waals surface area (Å²) >= 11 is 0. The normalized spacial score (nSPS) is 24.1. The molecular formula is C17H27FN2O. The van der Waals surface area contributed by atoms with Crippen molar-refractivity contribution in [2.45, 2.75) is 51.7 Å². The van der Waals surface area contributed by atoms with Crippen LogP contribution >= 0.6 is 0 Å². The SMILES string of the molecule is CCCNC(C)c1cccc(F)c1N1CCCC(C)(O)C1. The molecule has 1 aromatic rings. The predicted molar refractivity (Wildman–Crippen MR) is 85.2 cm³/mol. The molecule has 0 aromatic heterocycles. The van der Waals surface area contributed by atoms with E-state index in [2.05, 4.69) is 19.2 Å². The first-order valence-corrected chi connectivity index (χ1v) is 7.94. The van der Waals surface area contributed by atoms with Crippen molar-refractivity contribution in [3.8, 4) is 0 Å². The van der Waals surface area contributed by atoms with Crippen molar-refractivity contribution in [2.75, 3.05) is 24.5 Å². The Morgan fingerprint density at radius 2 is 2.24 bits per heavy atom. The van der Waals surface area contributed by atoms with Gasteiger partial charge in [-0.1, -0.05) is 19.1 Å². The topological polar surface area (TPSA) is 35.5 Å². The standard InChI is InChI=1S/C17H27FN2O/c1-4-10-19-13(2)14-7-5-8-15(18)16(14)20-11-6-9-17(3,21)12-20/h5,7-8,13,19,21H,4,6,9-12H2,1-3H3. The average Bonchev–Trinajstić information content (AvgIpc) is 2.43. The molecule has 2 atom stereocenters. The molecule has 0 aliphatic carbocycles. The Labute approximate surface area is 127 Å². The summed E-state index contributed by atoms with van der Waals surface area (Å²) in [6.45, 7) is 8.21. The summed E-state index contributed by atoms with van der Waals surface area (Å²) in [5.41, 5.74) is 0.882. The maximum atomic E-state index is 14.4. The van der Waals surface area contributed by atoms with Crippen LogP contribution in [0.2, 0.25) is 0 Å². The summed E-state index contributed by atoms with van der Waals surface area (Å²) in [4.78, 5) is 2.00. The smallest absolute Gasteiger partial charge is 0.146 e. The fourth-order valence-electron chi connectivity index (χ4n) is 3.10. The zero-order valence-corrected chi connectivity index (χ0v) is 13.3. The number of β-amino-alcohol motifs (C(OH)–C–C–N with tert-alkyl or cyclic N) is 1. The molecule has 1 aromatic carbocycles. The number of benzene rings is 1. The molecule has 0 bridgehead atoms. The number of rotatable bonds is 5. The highest BCUT2D eigenvalue weighted by Crippen LogP contribution is 2.33. The van der Waals surface area contributed by atoms with E-state index < -0.39 is 5.60 Å². The van der Waals surface area contributed by atoms with Crippen LogP contribution in [0, 0.1) is 5.82 Å². The van der Waals surface area contributed by atoms with Gasteiger partial charge in [0.15, 0.2) is 0 Å². The van der Waals surface area contributed by atoms with E-state index in [1.165, 1.54) is 6.07 Å². The summed E-state index contributed by atoms with van der Waals surface area (Å²) in [7, 11) is 0. The van der Waals surface area contributed by atoms with Crippen molar-refractivity contribution in [1.29, 1.82) is 0 Å². The van der Waals surface area contributed by atoms with Crippen LogP contribution in [0.4, 0.5) is 10.1 Å². The van der Waals surface area contributed by atoms with E-state index in [0.29, 0.717) is 12.2 Å². The van der Waals surface area contributed by atoms with Crippen LogP contribution in [0.1, 0.15) is 51.6 Å². The minimum atomic E-state index is -0.738. The van der Waals surface area contributed by atoms with Crippen LogP contribution in [-0.2, 0) is 0 Å². The van der Waals surface area contributed by atoms with Gasteiger partial charge in [-0.2, -0.15) is 0 Å². The number of nitrogens with one attached hydrogen (secondary N) is 1. The van der Waals surface area contributed by atoms with Gasteiger partial charge < -0.3 is 15.3 Å². The lowest BCUT2D eigenvalue weighted by molar-refractivity contribution is 0.0447. The highest BCUT2D eigenvalue weighted by Gasteiger charge is 2.31. The van der Waals surface area contributed by atoms with Crippen molar-refractivity contribution in [1.82, 2.24) is 5.32 Å². The molecule has 4 heteroatoms. The lowest BCUT2D eigenvalue weighted by atomic mass is 9.93. The third-order valence-electron chi connectivity index (χ3n) is 4.18. The molecule has 0 amide bonds. The number of aliphatic hydroxyl groups is 1. The highest BCUT2D eigenvalue weighted by molar-refractivity contribution is 5.56. The molecule has 2 unspecified atom stereocenters. The monoisotopic (exact) mass is 294 g/mol. The van der Waals surface area contributed by atoms with Crippen LogP contribution < -0.4 is 10.2 Å².